The van der Waals surface area contributed by atoms with Crippen LogP contribution in [-0.2, 0) is 10.1 Å². The Morgan fingerprint density at radius 1 is 1.24 bits per heavy atom. The molecule has 25 heavy (non-hydrogen) atoms. The molecule has 2 bridgehead atoms. The number of aromatic nitrogens is 1. The zero-order valence-electron chi connectivity index (χ0n) is 14.0. The second kappa shape index (κ2) is 5.69. The van der Waals surface area contributed by atoms with Crippen molar-refractivity contribution >= 4 is 21.5 Å². The average Bonchev–Trinajstić information content (AvgIpc) is 3.14. The number of fused-ring (bicyclic) bond motifs is 5. The van der Waals surface area contributed by atoms with Crippen LogP contribution in [0.25, 0.3) is 0 Å². The van der Waals surface area contributed by atoms with E-state index >= 15 is 0 Å². The Labute approximate surface area is 146 Å². The lowest BCUT2D eigenvalue weighted by molar-refractivity contribution is 0.474. The van der Waals surface area contributed by atoms with Gasteiger partial charge in [-0.3, -0.25) is 0 Å². The van der Waals surface area contributed by atoms with Gasteiger partial charge in [0, 0.05) is 11.3 Å². The molecule has 2 aliphatic rings. The highest BCUT2D eigenvalue weighted by Crippen LogP contribution is 2.57. The number of pyridine rings is 1. The molecule has 2 unspecified atom stereocenters. The molecular formula is C18H19FN2O3S. The van der Waals surface area contributed by atoms with Gasteiger partial charge in [0.15, 0.2) is 0 Å². The fourth-order valence-corrected chi connectivity index (χ4v) is 4.47. The normalized spacial score (nSPS) is 21.2. The van der Waals surface area contributed by atoms with E-state index in [1.54, 1.807) is 25.3 Å². The SMILES string of the molecule is Cc1cc(Nc2cnc(OS(C)(=O)=O)c3c2C2CCC3C2)ccc1F. The molecule has 0 aliphatic heterocycles. The first-order valence-electron chi connectivity index (χ1n) is 8.27. The molecule has 1 fully saturated rings. The van der Waals surface area contributed by atoms with Gasteiger partial charge in [-0.2, -0.15) is 8.42 Å². The molecule has 1 N–H and O–H groups in total. The molecule has 2 aromatic rings. The molecule has 1 heterocycles. The van der Waals surface area contributed by atoms with Crippen molar-refractivity contribution in [3.8, 4) is 5.88 Å². The Balaban J connectivity index is 1.76. The minimum absolute atomic E-state index is 0.200. The van der Waals surface area contributed by atoms with Gasteiger partial charge in [-0.1, -0.05) is 0 Å². The number of benzene rings is 1. The van der Waals surface area contributed by atoms with Crippen LogP contribution in [0.3, 0.4) is 0 Å². The fraction of sp³-hybridized carbons (Fsp3) is 0.389. The molecule has 0 saturated heterocycles. The van der Waals surface area contributed by atoms with Gasteiger partial charge in [0.2, 0.25) is 5.88 Å². The van der Waals surface area contributed by atoms with Crippen molar-refractivity contribution in [3.63, 3.8) is 0 Å². The maximum Gasteiger partial charge on any atom is 0.307 e. The number of nitrogens with zero attached hydrogens (tertiary/aromatic N) is 1. The van der Waals surface area contributed by atoms with Gasteiger partial charge in [0.05, 0.1) is 18.1 Å². The van der Waals surface area contributed by atoms with E-state index in [0.717, 1.165) is 48.0 Å². The fourth-order valence-electron chi connectivity index (χ4n) is 4.05. The Kier molecular flexibility index (Phi) is 3.72. The number of hydrogen-bond donors (Lipinski definition) is 1. The van der Waals surface area contributed by atoms with Crippen LogP contribution >= 0.6 is 0 Å². The third-order valence-corrected chi connectivity index (χ3v) is 5.50. The van der Waals surface area contributed by atoms with Crippen LogP contribution in [-0.4, -0.2) is 19.7 Å². The quantitative estimate of drug-likeness (QED) is 0.834. The predicted octanol–water partition coefficient (Wildman–Crippen LogP) is 3.98. The maximum absolute atomic E-state index is 13.5. The third kappa shape index (κ3) is 2.97. The van der Waals surface area contributed by atoms with Crippen molar-refractivity contribution in [2.45, 2.75) is 38.0 Å². The van der Waals surface area contributed by atoms with E-state index in [9.17, 15) is 12.8 Å². The molecule has 2 atom stereocenters. The summed E-state index contributed by atoms with van der Waals surface area (Å²) in [6.07, 6.45) is 5.74. The highest BCUT2D eigenvalue weighted by atomic mass is 32.2. The molecule has 0 amide bonds. The van der Waals surface area contributed by atoms with E-state index in [-0.39, 0.29) is 11.7 Å². The van der Waals surface area contributed by atoms with Crippen molar-refractivity contribution in [2.24, 2.45) is 0 Å². The van der Waals surface area contributed by atoms with E-state index in [4.69, 9.17) is 4.18 Å². The van der Waals surface area contributed by atoms with Crippen molar-refractivity contribution in [1.82, 2.24) is 4.98 Å². The topological polar surface area (TPSA) is 68.3 Å². The van der Waals surface area contributed by atoms with Gasteiger partial charge in [0.1, 0.15) is 5.82 Å². The molecular weight excluding hydrogens is 343 g/mol. The monoisotopic (exact) mass is 362 g/mol. The summed E-state index contributed by atoms with van der Waals surface area (Å²) >= 11 is 0. The van der Waals surface area contributed by atoms with Crippen LogP contribution < -0.4 is 9.50 Å². The van der Waals surface area contributed by atoms with Crippen LogP contribution in [0.15, 0.2) is 24.4 Å². The van der Waals surface area contributed by atoms with Gasteiger partial charge < -0.3 is 9.50 Å². The molecule has 1 aromatic carbocycles. The summed E-state index contributed by atoms with van der Waals surface area (Å²) in [5.74, 6) is 0.630. The minimum atomic E-state index is -3.62. The van der Waals surface area contributed by atoms with Crippen LogP contribution in [0.4, 0.5) is 15.8 Å². The summed E-state index contributed by atoms with van der Waals surface area (Å²) in [4.78, 5) is 4.25. The van der Waals surface area contributed by atoms with E-state index < -0.39 is 10.1 Å². The smallest absolute Gasteiger partial charge is 0.307 e. The van der Waals surface area contributed by atoms with Gasteiger partial charge in [-0.15, -0.1) is 0 Å². The number of aryl methyl sites for hydroxylation is 1. The summed E-state index contributed by atoms with van der Waals surface area (Å²) in [6.45, 7) is 1.72. The van der Waals surface area contributed by atoms with E-state index in [1.165, 1.54) is 6.07 Å². The first-order valence-corrected chi connectivity index (χ1v) is 10.1. The van der Waals surface area contributed by atoms with E-state index in [1.807, 2.05) is 0 Å². The van der Waals surface area contributed by atoms with Crippen LogP contribution in [0.5, 0.6) is 5.88 Å². The van der Waals surface area contributed by atoms with Crippen molar-refractivity contribution < 1.29 is 17.0 Å². The standard InChI is InChI=1S/C18H19FN2O3S/c1-10-7-13(5-6-14(10)19)21-15-9-20-18(24-25(2,22)23)17-12-4-3-11(8-12)16(15)17/h5-7,9,11-12,21H,3-4,8H2,1-2H3. The molecule has 0 radical (unpaired) electrons. The highest BCUT2D eigenvalue weighted by Gasteiger charge is 2.42. The molecule has 1 saturated carbocycles. The van der Waals surface area contributed by atoms with Gasteiger partial charge in [-0.05, 0) is 67.3 Å². The van der Waals surface area contributed by atoms with Crippen molar-refractivity contribution in [2.75, 3.05) is 11.6 Å². The average molecular weight is 362 g/mol. The Hall–Kier alpha value is -2.15. The Bertz CT molecular complexity index is 959. The number of anilines is 2. The Morgan fingerprint density at radius 3 is 2.64 bits per heavy atom. The lowest BCUT2D eigenvalue weighted by atomic mass is 9.91. The largest absolute Gasteiger partial charge is 0.361 e. The summed E-state index contributed by atoms with van der Waals surface area (Å²) < 4.78 is 41.7. The molecule has 132 valence electrons. The molecule has 1 aromatic heterocycles. The summed E-state index contributed by atoms with van der Waals surface area (Å²) in [5.41, 5.74) is 4.18. The third-order valence-electron chi connectivity index (χ3n) is 5.04. The van der Waals surface area contributed by atoms with Crippen LogP contribution in [0.2, 0.25) is 0 Å². The van der Waals surface area contributed by atoms with E-state index in [2.05, 4.69) is 10.3 Å². The van der Waals surface area contributed by atoms with Gasteiger partial charge >= 0.3 is 10.1 Å². The van der Waals surface area contributed by atoms with E-state index in [0.29, 0.717) is 17.4 Å². The molecule has 7 heteroatoms. The van der Waals surface area contributed by atoms with Gasteiger partial charge in [-0.25, -0.2) is 9.37 Å². The number of halogens is 1. The Morgan fingerprint density at radius 2 is 1.96 bits per heavy atom. The molecule has 5 nitrogen and oxygen atoms in total. The first kappa shape index (κ1) is 16.3. The lowest BCUT2D eigenvalue weighted by Gasteiger charge is -2.21. The van der Waals surface area contributed by atoms with Crippen LogP contribution in [0.1, 0.15) is 47.8 Å². The summed E-state index contributed by atoms with van der Waals surface area (Å²) in [7, 11) is -3.62. The zero-order valence-corrected chi connectivity index (χ0v) is 14.9. The minimum Gasteiger partial charge on any atom is -0.361 e. The molecule has 0 spiro atoms. The lowest BCUT2D eigenvalue weighted by Crippen LogP contribution is -2.12. The first-order chi connectivity index (χ1) is 11.8. The summed E-state index contributed by atoms with van der Waals surface area (Å²) in [5, 5.41) is 3.31. The predicted molar refractivity (Wildman–Crippen MR) is 93.5 cm³/mol. The number of rotatable bonds is 4. The molecule has 2 aliphatic carbocycles. The van der Waals surface area contributed by atoms with Crippen molar-refractivity contribution in [3.05, 3.63) is 46.9 Å². The maximum atomic E-state index is 13.5. The summed E-state index contributed by atoms with van der Waals surface area (Å²) in [6, 6.07) is 4.86. The number of nitrogens with one attached hydrogen (secondary N) is 1. The highest BCUT2D eigenvalue weighted by molar-refractivity contribution is 7.86. The number of hydrogen-bond acceptors (Lipinski definition) is 5. The zero-order chi connectivity index (χ0) is 17.8. The second-order valence-corrected chi connectivity index (χ2v) is 8.46. The van der Waals surface area contributed by atoms with Gasteiger partial charge in [0.25, 0.3) is 0 Å². The van der Waals surface area contributed by atoms with Crippen LogP contribution in [0, 0.1) is 12.7 Å². The van der Waals surface area contributed by atoms with Crippen molar-refractivity contribution in [1.29, 1.82) is 0 Å². The second-order valence-electron chi connectivity index (χ2n) is 6.89. The molecule has 4 rings (SSSR count).